The van der Waals surface area contributed by atoms with Crippen molar-refractivity contribution >= 4 is 11.9 Å². The second-order valence-electron chi connectivity index (χ2n) is 6.57. The van der Waals surface area contributed by atoms with Gasteiger partial charge in [-0.25, -0.2) is 0 Å². The maximum Gasteiger partial charge on any atom is 0.209 e. The summed E-state index contributed by atoms with van der Waals surface area (Å²) in [6, 6.07) is 17.0. The number of allylic oxidation sites excluding steroid dienone is 1. The molecule has 0 atom stereocenters. The van der Waals surface area contributed by atoms with E-state index >= 15 is 0 Å². The van der Waals surface area contributed by atoms with Gasteiger partial charge >= 0.3 is 0 Å². The molecule has 3 rings (SSSR count). The molecule has 5 heteroatoms. The van der Waals surface area contributed by atoms with Crippen molar-refractivity contribution < 1.29 is 19.0 Å². The summed E-state index contributed by atoms with van der Waals surface area (Å²) >= 11 is 0. The lowest BCUT2D eigenvalue weighted by Crippen LogP contribution is -2.09. The highest BCUT2D eigenvalue weighted by Crippen LogP contribution is 2.32. The lowest BCUT2D eigenvalue weighted by Gasteiger charge is -2.12. The zero-order valence-corrected chi connectivity index (χ0v) is 16.9. The summed E-state index contributed by atoms with van der Waals surface area (Å²) < 4.78 is 17.9. The van der Waals surface area contributed by atoms with Crippen LogP contribution >= 0.6 is 0 Å². The molecule has 1 heterocycles. The molecule has 1 aromatic heterocycles. The third kappa shape index (κ3) is 4.95. The van der Waals surface area contributed by atoms with E-state index in [2.05, 4.69) is 0 Å². The number of para-hydroxylation sites is 1. The van der Waals surface area contributed by atoms with E-state index in [-0.39, 0.29) is 12.6 Å². The molecule has 0 N–H and O–H groups in total. The monoisotopic (exact) mass is 391 g/mol. The van der Waals surface area contributed by atoms with Crippen LogP contribution in [-0.4, -0.2) is 31.4 Å². The Bertz CT molecular complexity index is 986. The first-order valence-corrected chi connectivity index (χ1v) is 9.36. The van der Waals surface area contributed by atoms with Crippen LogP contribution < -0.4 is 9.47 Å². The Hall–Kier alpha value is -3.31. The predicted molar refractivity (Wildman–Crippen MR) is 114 cm³/mol. The molecule has 0 amide bonds. The van der Waals surface area contributed by atoms with Gasteiger partial charge in [0, 0.05) is 31.0 Å². The number of ether oxygens (including phenoxy) is 3. The summed E-state index contributed by atoms with van der Waals surface area (Å²) in [6.07, 6.45) is 5.85. The van der Waals surface area contributed by atoms with Crippen molar-refractivity contribution in [2.45, 2.75) is 13.5 Å². The Balaban J connectivity index is 1.76. The van der Waals surface area contributed by atoms with Gasteiger partial charge in [-0.1, -0.05) is 54.1 Å². The average molecular weight is 391 g/mol. The summed E-state index contributed by atoms with van der Waals surface area (Å²) in [7, 11) is 3.18. The third-order valence-electron chi connectivity index (χ3n) is 4.52. The van der Waals surface area contributed by atoms with Crippen molar-refractivity contribution in [1.82, 2.24) is 4.57 Å². The molecule has 3 aromatic rings. The van der Waals surface area contributed by atoms with Crippen molar-refractivity contribution in [1.29, 1.82) is 0 Å². The van der Waals surface area contributed by atoms with Crippen LogP contribution in [0.5, 0.6) is 11.5 Å². The van der Waals surface area contributed by atoms with Crippen molar-refractivity contribution in [3.63, 3.8) is 0 Å². The molecule has 0 bridgehead atoms. The summed E-state index contributed by atoms with van der Waals surface area (Å²) in [6.45, 7) is 2.72. The minimum Gasteiger partial charge on any atom is -0.492 e. The summed E-state index contributed by atoms with van der Waals surface area (Å²) in [4.78, 5) is 12.8. The van der Waals surface area contributed by atoms with Gasteiger partial charge in [-0.3, -0.25) is 4.79 Å². The number of aryl methyl sites for hydroxylation is 1. The Morgan fingerprint density at radius 3 is 2.55 bits per heavy atom. The number of benzene rings is 2. The van der Waals surface area contributed by atoms with Gasteiger partial charge in [0.1, 0.15) is 0 Å². The molecule has 0 aliphatic carbocycles. The van der Waals surface area contributed by atoms with Gasteiger partial charge in [-0.15, -0.1) is 0 Å². The Morgan fingerprint density at radius 1 is 1.03 bits per heavy atom. The van der Waals surface area contributed by atoms with E-state index in [4.69, 9.17) is 14.2 Å². The minimum atomic E-state index is 0.0101. The molecule has 5 nitrogen and oxygen atoms in total. The summed E-state index contributed by atoms with van der Waals surface area (Å²) in [5.41, 5.74) is 3.36. The molecule has 0 fully saturated rings. The van der Waals surface area contributed by atoms with E-state index in [1.165, 1.54) is 0 Å². The molecule has 0 radical (unpaired) electrons. The highest BCUT2D eigenvalue weighted by molar-refractivity contribution is 6.08. The molecule has 2 aromatic carbocycles. The summed E-state index contributed by atoms with van der Waals surface area (Å²) in [5.74, 6) is 1.27. The van der Waals surface area contributed by atoms with Crippen molar-refractivity contribution in [3.05, 3.63) is 89.3 Å². The SMILES string of the molecule is COCOc1cccc(/C=C/Cn2cccc2C(=O)c2ccc(C)cc2)c1OC. The third-order valence-corrected chi connectivity index (χ3v) is 4.52. The van der Waals surface area contributed by atoms with Gasteiger partial charge in [0.25, 0.3) is 0 Å². The van der Waals surface area contributed by atoms with Crippen molar-refractivity contribution in [2.75, 3.05) is 21.0 Å². The molecule has 0 unspecified atom stereocenters. The molecular weight excluding hydrogens is 366 g/mol. The van der Waals surface area contributed by atoms with Gasteiger partial charge < -0.3 is 18.8 Å². The molecule has 0 saturated heterocycles. The minimum absolute atomic E-state index is 0.0101. The fraction of sp³-hybridized carbons (Fsp3) is 0.208. The van der Waals surface area contributed by atoms with E-state index < -0.39 is 0 Å². The second kappa shape index (κ2) is 9.75. The van der Waals surface area contributed by atoms with Crippen LogP contribution in [0.3, 0.4) is 0 Å². The largest absolute Gasteiger partial charge is 0.492 e. The van der Waals surface area contributed by atoms with Crippen LogP contribution in [0.15, 0.2) is 66.9 Å². The molecule has 0 aliphatic rings. The first kappa shape index (κ1) is 20.4. The summed E-state index contributed by atoms with van der Waals surface area (Å²) in [5, 5.41) is 0. The Kier molecular flexibility index (Phi) is 6.87. The number of ketones is 1. The number of methoxy groups -OCH3 is 2. The molecule has 29 heavy (non-hydrogen) atoms. The van der Waals surface area contributed by atoms with Crippen LogP contribution in [-0.2, 0) is 11.3 Å². The number of nitrogens with zero attached hydrogens (tertiary/aromatic N) is 1. The Morgan fingerprint density at radius 2 is 1.83 bits per heavy atom. The van der Waals surface area contributed by atoms with Gasteiger partial charge in [-0.05, 0) is 25.1 Å². The van der Waals surface area contributed by atoms with Gasteiger partial charge in [-0.2, -0.15) is 0 Å². The molecule has 0 spiro atoms. The van der Waals surface area contributed by atoms with Gasteiger partial charge in [0.05, 0.1) is 12.8 Å². The van der Waals surface area contributed by atoms with E-state index in [9.17, 15) is 4.79 Å². The number of rotatable bonds is 9. The van der Waals surface area contributed by atoms with Gasteiger partial charge in [0.2, 0.25) is 5.78 Å². The molecule has 150 valence electrons. The van der Waals surface area contributed by atoms with E-state index in [1.807, 2.05) is 84.4 Å². The zero-order chi connectivity index (χ0) is 20.6. The Labute approximate surface area is 171 Å². The van der Waals surface area contributed by atoms with Crippen LogP contribution in [0.2, 0.25) is 0 Å². The van der Waals surface area contributed by atoms with Gasteiger partial charge in [0.15, 0.2) is 18.3 Å². The average Bonchev–Trinajstić information content (AvgIpc) is 3.20. The number of aromatic nitrogens is 1. The smallest absolute Gasteiger partial charge is 0.209 e. The number of hydrogen-bond donors (Lipinski definition) is 0. The lowest BCUT2D eigenvalue weighted by atomic mass is 10.1. The zero-order valence-electron chi connectivity index (χ0n) is 16.9. The number of hydrogen-bond acceptors (Lipinski definition) is 4. The second-order valence-corrected chi connectivity index (χ2v) is 6.57. The fourth-order valence-electron chi connectivity index (χ4n) is 3.04. The number of carbonyl (C=O) groups is 1. The van der Waals surface area contributed by atoms with Crippen LogP contribution in [0.25, 0.3) is 6.08 Å². The molecule has 0 saturated carbocycles. The van der Waals surface area contributed by atoms with E-state index in [1.54, 1.807) is 14.2 Å². The first-order valence-electron chi connectivity index (χ1n) is 9.36. The highest BCUT2D eigenvalue weighted by Gasteiger charge is 2.13. The molecular formula is C24H25NO4. The fourth-order valence-corrected chi connectivity index (χ4v) is 3.04. The normalized spacial score (nSPS) is 11.0. The van der Waals surface area contributed by atoms with Crippen molar-refractivity contribution in [3.8, 4) is 11.5 Å². The molecule has 0 aliphatic heterocycles. The van der Waals surface area contributed by atoms with E-state index in [0.29, 0.717) is 29.3 Å². The van der Waals surface area contributed by atoms with Crippen LogP contribution in [0.1, 0.15) is 27.2 Å². The maximum atomic E-state index is 12.8. The number of carbonyl (C=O) groups excluding carboxylic acids is 1. The first-order chi connectivity index (χ1) is 14.1. The lowest BCUT2D eigenvalue weighted by molar-refractivity contribution is 0.0491. The quantitative estimate of drug-likeness (QED) is 0.391. The predicted octanol–water partition coefficient (Wildman–Crippen LogP) is 4.73. The maximum absolute atomic E-state index is 12.8. The topological polar surface area (TPSA) is 49.7 Å². The standard InChI is InChI=1S/C24H25NO4/c1-18-11-13-19(14-12-18)23(26)21-9-6-16-25(21)15-5-8-20-7-4-10-22(24(20)28-3)29-17-27-2/h4-14,16H,15,17H2,1-3H3/b8-5+. The van der Waals surface area contributed by atoms with Crippen molar-refractivity contribution in [2.24, 2.45) is 0 Å². The van der Waals surface area contributed by atoms with E-state index in [0.717, 1.165) is 11.1 Å². The highest BCUT2D eigenvalue weighted by atomic mass is 16.7. The van der Waals surface area contributed by atoms with Crippen LogP contribution in [0, 0.1) is 6.92 Å². The van der Waals surface area contributed by atoms with Crippen LogP contribution in [0.4, 0.5) is 0 Å².